The van der Waals surface area contributed by atoms with Gasteiger partial charge in [0.2, 0.25) is 0 Å². The first-order valence-corrected chi connectivity index (χ1v) is 10.3. The molecule has 2 aromatic rings. The van der Waals surface area contributed by atoms with Gasteiger partial charge in [-0.1, -0.05) is 0 Å². The number of anilines is 1. The van der Waals surface area contributed by atoms with Gasteiger partial charge in [-0.25, -0.2) is 15.0 Å². The van der Waals surface area contributed by atoms with Crippen LogP contribution in [-0.4, -0.2) is 75.4 Å². The molecule has 0 amide bonds. The lowest BCUT2D eigenvalue weighted by molar-refractivity contribution is -0.166. The third kappa shape index (κ3) is 4.79. The molecule has 1 aliphatic rings. The quantitative estimate of drug-likeness (QED) is 0.422. The average Bonchev–Trinajstić information content (AvgIpc) is 3.29. The minimum absolute atomic E-state index is 0.187. The van der Waals surface area contributed by atoms with Crippen LogP contribution >= 0.6 is 0 Å². The molecule has 174 valence electrons. The van der Waals surface area contributed by atoms with Crippen molar-refractivity contribution in [1.82, 2.24) is 19.5 Å². The Balaban J connectivity index is 2.04. The van der Waals surface area contributed by atoms with E-state index in [9.17, 15) is 14.4 Å². The van der Waals surface area contributed by atoms with Crippen LogP contribution in [0.5, 0.6) is 0 Å². The highest BCUT2D eigenvalue weighted by Gasteiger charge is 2.51. The molecule has 12 heteroatoms. The third-order valence-corrected chi connectivity index (χ3v) is 5.02. The lowest BCUT2D eigenvalue weighted by Crippen LogP contribution is -2.40. The molecule has 0 bridgehead atoms. The van der Waals surface area contributed by atoms with E-state index in [0.717, 1.165) is 13.1 Å². The molecule has 0 radical (unpaired) electrons. The number of esters is 3. The van der Waals surface area contributed by atoms with Gasteiger partial charge in [-0.3, -0.25) is 19.0 Å². The van der Waals surface area contributed by atoms with Gasteiger partial charge in [0.15, 0.2) is 35.4 Å². The van der Waals surface area contributed by atoms with Gasteiger partial charge in [0.25, 0.3) is 0 Å². The zero-order valence-electron chi connectivity index (χ0n) is 18.7. The molecule has 1 aliphatic heterocycles. The van der Waals surface area contributed by atoms with Crippen LogP contribution in [-0.2, 0) is 33.3 Å². The van der Waals surface area contributed by atoms with Crippen LogP contribution in [0.3, 0.4) is 0 Å². The van der Waals surface area contributed by atoms with Crippen molar-refractivity contribution >= 4 is 34.9 Å². The number of aromatic nitrogens is 4. The Bertz CT molecular complexity index is 990. The van der Waals surface area contributed by atoms with E-state index in [1.165, 1.54) is 33.4 Å². The summed E-state index contributed by atoms with van der Waals surface area (Å²) >= 11 is 0. The summed E-state index contributed by atoms with van der Waals surface area (Å²) in [6.07, 6.45) is -0.869. The smallest absolute Gasteiger partial charge is 0.303 e. The second-order valence-electron chi connectivity index (χ2n) is 7.21. The largest absolute Gasteiger partial charge is 0.463 e. The number of nitrogens with zero attached hydrogens (tertiary/aromatic N) is 5. The molecule has 0 aromatic carbocycles. The predicted octanol–water partition coefficient (Wildman–Crippen LogP) is 0.996. The van der Waals surface area contributed by atoms with Crippen LogP contribution < -0.4 is 4.90 Å². The first-order valence-electron chi connectivity index (χ1n) is 10.3. The van der Waals surface area contributed by atoms with Gasteiger partial charge in [-0.2, -0.15) is 0 Å². The van der Waals surface area contributed by atoms with Crippen molar-refractivity contribution in [2.45, 2.75) is 59.2 Å². The fraction of sp³-hybridized carbons (Fsp3) is 0.600. The second-order valence-corrected chi connectivity index (χ2v) is 7.21. The predicted molar refractivity (Wildman–Crippen MR) is 111 cm³/mol. The highest BCUT2D eigenvalue weighted by molar-refractivity contribution is 5.83. The Hall–Kier alpha value is -3.28. The van der Waals surface area contributed by atoms with Crippen LogP contribution in [0.1, 0.15) is 40.8 Å². The molecule has 0 unspecified atom stereocenters. The summed E-state index contributed by atoms with van der Waals surface area (Å²) in [5, 5.41) is 0. The fourth-order valence-corrected chi connectivity index (χ4v) is 3.70. The first kappa shape index (κ1) is 23.4. The Morgan fingerprint density at radius 2 is 1.66 bits per heavy atom. The maximum absolute atomic E-state index is 11.8. The summed E-state index contributed by atoms with van der Waals surface area (Å²) in [5.74, 6) is -1.04. The van der Waals surface area contributed by atoms with Crippen molar-refractivity contribution in [2.24, 2.45) is 0 Å². The number of hydrogen-bond donors (Lipinski definition) is 0. The van der Waals surface area contributed by atoms with Crippen molar-refractivity contribution in [3.8, 4) is 0 Å². The van der Waals surface area contributed by atoms with Crippen molar-refractivity contribution in [3.05, 3.63) is 12.7 Å². The number of ether oxygens (including phenoxy) is 4. The Labute approximate surface area is 184 Å². The van der Waals surface area contributed by atoms with Gasteiger partial charge in [-0.05, 0) is 13.8 Å². The van der Waals surface area contributed by atoms with Gasteiger partial charge in [0.05, 0.1) is 6.33 Å². The minimum Gasteiger partial charge on any atom is -0.463 e. The summed E-state index contributed by atoms with van der Waals surface area (Å²) in [6.45, 7) is 9.02. The zero-order chi connectivity index (χ0) is 23.4. The molecule has 0 aliphatic carbocycles. The summed E-state index contributed by atoms with van der Waals surface area (Å²) in [7, 11) is 0. The number of imidazole rings is 1. The molecular formula is C20H27N5O7. The number of carbonyl (C=O) groups is 3. The van der Waals surface area contributed by atoms with E-state index < -0.39 is 42.4 Å². The molecule has 12 nitrogen and oxygen atoms in total. The fourth-order valence-electron chi connectivity index (χ4n) is 3.70. The summed E-state index contributed by atoms with van der Waals surface area (Å²) in [5.41, 5.74) is 1.01. The monoisotopic (exact) mass is 449 g/mol. The Morgan fingerprint density at radius 1 is 1.00 bits per heavy atom. The molecule has 1 fully saturated rings. The normalized spacial score (nSPS) is 22.5. The van der Waals surface area contributed by atoms with Gasteiger partial charge >= 0.3 is 17.9 Å². The van der Waals surface area contributed by atoms with E-state index in [1.54, 1.807) is 4.57 Å². The van der Waals surface area contributed by atoms with Crippen LogP contribution in [0.25, 0.3) is 11.2 Å². The number of rotatable bonds is 8. The number of fused-ring (bicyclic) bond motifs is 1. The van der Waals surface area contributed by atoms with Gasteiger partial charge < -0.3 is 23.8 Å². The Morgan fingerprint density at radius 3 is 2.25 bits per heavy atom. The average molecular weight is 449 g/mol. The molecule has 3 rings (SSSR count). The van der Waals surface area contributed by atoms with Crippen LogP contribution in [0.2, 0.25) is 0 Å². The minimum atomic E-state index is -1.01. The van der Waals surface area contributed by atoms with Gasteiger partial charge in [-0.15, -0.1) is 0 Å². The van der Waals surface area contributed by atoms with Crippen LogP contribution in [0, 0.1) is 0 Å². The molecule has 0 spiro atoms. The molecular weight excluding hydrogens is 422 g/mol. The summed E-state index contributed by atoms with van der Waals surface area (Å²) in [6, 6.07) is 0. The lowest BCUT2D eigenvalue weighted by Gasteiger charge is -2.24. The zero-order valence-corrected chi connectivity index (χ0v) is 18.7. The van der Waals surface area contributed by atoms with Crippen LogP contribution in [0.4, 0.5) is 5.82 Å². The highest BCUT2D eigenvalue weighted by atomic mass is 16.7. The van der Waals surface area contributed by atoms with Crippen molar-refractivity contribution in [3.63, 3.8) is 0 Å². The molecule has 3 heterocycles. The molecule has 0 N–H and O–H groups in total. The lowest BCUT2D eigenvalue weighted by atomic mass is 10.1. The van der Waals surface area contributed by atoms with Crippen molar-refractivity contribution in [2.75, 3.05) is 24.6 Å². The maximum atomic E-state index is 11.8. The van der Waals surface area contributed by atoms with E-state index in [-0.39, 0.29) is 6.61 Å². The van der Waals surface area contributed by atoms with Crippen LogP contribution in [0.15, 0.2) is 12.7 Å². The van der Waals surface area contributed by atoms with E-state index in [4.69, 9.17) is 18.9 Å². The molecule has 32 heavy (non-hydrogen) atoms. The topological polar surface area (TPSA) is 135 Å². The summed E-state index contributed by atoms with van der Waals surface area (Å²) in [4.78, 5) is 50.1. The first-order chi connectivity index (χ1) is 15.3. The number of hydrogen-bond acceptors (Lipinski definition) is 11. The van der Waals surface area contributed by atoms with E-state index >= 15 is 0 Å². The molecule has 4 atom stereocenters. The Kier molecular flexibility index (Phi) is 7.23. The van der Waals surface area contributed by atoms with Crippen molar-refractivity contribution < 1.29 is 33.3 Å². The highest BCUT2D eigenvalue weighted by Crippen LogP contribution is 2.36. The third-order valence-electron chi connectivity index (χ3n) is 5.02. The van der Waals surface area contributed by atoms with E-state index in [1.807, 2.05) is 18.7 Å². The van der Waals surface area contributed by atoms with E-state index in [0.29, 0.717) is 17.0 Å². The SMILES string of the molecule is CCN(CC)c1ncnc2c1ncn2[C@@H]1O[C@H](COC(C)=O)[C@@H](OC(C)=O)[C@H]1OC(C)=O. The van der Waals surface area contributed by atoms with Crippen molar-refractivity contribution in [1.29, 1.82) is 0 Å². The van der Waals surface area contributed by atoms with E-state index in [2.05, 4.69) is 15.0 Å². The molecule has 1 saturated heterocycles. The maximum Gasteiger partial charge on any atom is 0.303 e. The molecule has 0 saturated carbocycles. The summed E-state index contributed by atoms with van der Waals surface area (Å²) < 4.78 is 23.6. The van der Waals surface area contributed by atoms with Gasteiger partial charge in [0, 0.05) is 33.9 Å². The van der Waals surface area contributed by atoms with Gasteiger partial charge in [0.1, 0.15) is 19.0 Å². The number of carbonyl (C=O) groups excluding carboxylic acids is 3. The molecule has 2 aromatic heterocycles. The second kappa shape index (κ2) is 9.90. The standard InChI is InChI=1S/C20H27N5O7/c1-6-24(7-2)18-15-19(22-9-21-18)25(10-23-15)20-17(31-13(5)28)16(30-12(4)27)14(32-20)8-29-11(3)26/h9-10,14,16-17,20H,6-8H2,1-5H3/t14-,16-,17-,20-/m1/s1.